The minimum atomic E-state index is 0.587. The summed E-state index contributed by atoms with van der Waals surface area (Å²) in [5.41, 5.74) is 3.19. The van der Waals surface area contributed by atoms with Crippen LogP contribution in [0.2, 0.25) is 0 Å². The maximum absolute atomic E-state index is 5.60. The van der Waals surface area contributed by atoms with Crippen LogP contribution in [0.25, 0.3) is 0 Å². The van der Waals surface area contributed by atoms with Gasteiger partial charge in [-0.3, -0.25) is 9.80 Å². The topological polar surface area (TPSA) is 15.7 Å². The summed E-state index contributed by atoms with van der Waals surface area (Å²) in [7, 11) is 0. The quantitative estimate of drug-likeness (QED) is 0.852. The molecule has 0 amide bonds. The number of morpholine rings is 1. The number of fused-ring (bicyclic) bond motifs is 3. The van der Waals surface area contributed by atoms with Crippen molar-refractivity contribution in [2.24, 2.45) is 5.92 Å². The molecule has 2 aliphatic heterocycles. The highest BCUT2D eigenvalue weighted by atomic mass is 32.1. The predicted molar refractivity (Wildman–Crippen MR) is 97.4 cm³/mol. The van der Waals surface area contributed by atoms with E-state index in [9.17, 15) is 0 Å². The molecule has 126 valence electrons. The molecule has 3 heterocycles. The van der Waals surface area contributed by atoms with Crippen molar-refractivity contribution >= 4 is 11.3 Å². The van der Waals surface area contributed by atoms with Crippen LogP contribution in [0.3, 0.4) is 0 Å². The van der Waals surface area contributed by atoms with Gasteiger partial charge in [0.05, 0.1) is 13.2 Å². The van der Waals surface area contributed by atoms with E-state index in [1.807, 2.05) is 11.3 Å². The average molecular weight is 340 g/mol. The Kier molecular flexibility index (Phi) is 3.94. The predicted octanol–water partition coefficient (Wildman–Crippen LogP) is 3.35. The van der Waals surface area contributed by atoms with E-state index in [4.69, 9.17) is 4.74 Å². The van der Waals surface area contributed by atoms with Crippen LogP contribution < -0.4 is 0 Å². The van der Waals surface area contributed by atoms with E-state index in [0.717, 1.165) is 38.8 Å². The van der Waals surface area contributed by atoms with Gasteiger partial charge in [0.1, 0.15) is 0 Å². The molecule has 0 N–H and O–H groups in total. The second kappa shape index (κ2) is 6.26. The lowest BCUT2D eigenvalue weighted by Gasteiger charge is -2.36. The zero-order chi connectivity index (χ0) is 15.9. The molecule has 0 bridgehead atoms. The van der Waals surface area contributed by atoms with Crippen molar-refractivity contribution in [3.05, 3.63) is 57.8 Å². The Morgan fingerprint density at radius 1 is 1.00 bits per heavy atom. The van der Waals surface area contributed by atoms with Crippen LogP contribution in [0.4, 0.5) is 0 Å². The van der Waals surface area contributed by atoms with Gasteiger partial charge in [-0.05, 0) is 28.5 Å². The maximum atomic E-state index is 5.60. The summed E-state index contributed by atoms with van der Waals surface area (Å²) in [6, 6.07) is 14.2. The number of benzene rings is 1. The Labute approximate surface area is 147 Å². The molecule has 2 aromatic rings. The molecule has 1 aliphatic carbocycles. The monoisotopic (exact) mass is 340 g/mol. The zero-order valence-corrected chi connectivity index (χ0v) is 14.8. The molecule has 0 saturated carbocycles. The van der Waals surface area contributed by atoms with E-state index >= 15 is 0 Å². The number of likely N-dealkylation sites (tertiary alicyclic amines) is 1. The third kappa shape index (κ3) is 2.53. The van der Waals surface area contributed by atoms with E-state index in [-0.39, 0.29) is 0 Å². The minimum Gasteiger partial charge on any atom is -0.379 e. The summed E-state index contributed by atoms with van der Waals surface area (Å²) in [4.78, 5) is 6.85. The molecule has 0 radical (unpaired) electrons. The van der Waals surface area contributed by atoms with Crippen molar-refractivity contribution in [2.45, 2.75) is 18.5 Å². The first kappa shape index (κ1) is 15.1. The summed E-state index contributed by atoms with van der Waals surface area (Å²) < 4.78 is 5.60. The molecule has 2 fully saturated rings. The summed E-state index contributed by atoms with van der Waals surface area (Å²) in [6.07, 6.45) is 0. The Balaban J connectivity index is 1.42. The van der Waals surface area contributed by atoms with Gasteiger partial charge in [0.2, 0.25) is 0 Å². The molecule has 3 aliphatic rings. The summed E-state index contributed by atoms with van der Waals surface area (Å²) in [6.45, 7) is 7.46. The van der Waals surface area contributed by atoms with E-state index in [0.29, 0.717) is 12.0 Å². The molecular formula is C20H24N2OS. The average Bonchev–Trinajstić information content (AvgIpc) is 3.32. The largest absolute Gasteiger partial charge is 0.379 e. The normalized spacial score (nSPS) is 30.4. The minimum absolute atomic E-state index is 0.587. The number of thiophene rings is 1. The van der Waals surface area contributed by atoms with E-state index in [2.05, 4.69) is 51.6 Å². The molecule has 1 aromatic carbocycles. The second-order valence-corrected chi connectivity index (χ2v) is 8.30. The van der Waals surface area contributed by atoms with Crippen molar-refractivity contribution in [1.82, 2.24) is 9.80 Å². The molecule has 24 heavy (non-hydrogen) atoms. The van der Waals surface area contributed by atoms with Gasteiger partial charge in [-0.25, -0.2) is 0 Å². The van der Waals surface area contributed by atoms with Crippen molar-refractivity contribution in [1.29, 1.82) is 0 Å². The van der Waals surface area contributed by atoms with Gasteiger partial charge in [0, 0.05) is 49.6 Å². The van der Waals surface area contributed by atoms with Crippen molar-refractivity contribution in [3.8, 4) is 0 Å². The molecule has 5 rings (SSSR count). The highest BCUT2D eigenvalue weighted by Crippen LogP contribution is 2.52. The second-order valence-electron chi connectivity index (χ2n) is 7.27. The summed E-state index contributed by atoms with van der Waals surface area (Å²) >= 11 is 1.88. The smallest absolute Gasteiger partial charge is 0.0594 e. The van der Waals surface area contributed by atoms with Gasteiger partial charge in [-0.2, -0.15) is 0 Å². The molecule has 3 atom stereocenters. The van der Waals surface area contributed by atoms with E-state index in [1.165, 1.54) is 18.0 Å². The molecule has 4 heteroatoms. The van der Waals surface area contributed by atoms with Crippen LogP contribution in [0.1, 0.15) is 28.0 Å². The van der Waals surface area contributed by atoms with Crippen molar-refractivity contribution in [2.75, 3.05) is 39.4 Å². The summed E-state index contributed by atoms with van der Waals surface area (Å²) in [5, 5.41) is 2.19. The molecule has 3 nitrogen and oxygen atoms in total. The van der Waals surface area contributed by atoms with Gasteiger partial charge in [-0.15, -0.1) is 11.3 Å². The van der Waals surface area contributed by atoms with Crippen LogP contribution in [0.15, 0.2) is 41.8 Å². The third-order valence-electron chi connectivity index (χ3n) is 5.96. The number of hydrogen-bond donors (Lipinski definition) is 0. The molecule has 2 saturated heterocycles. The fourth-order valence-electron chi connectivity index (χ4n) is 4.99. The first-order valence-corrected chi connectivity index (χ1v) is 9.93. The number of rotatable bonds is 3. The fraction of sp³-hybridized carbons (Fsp3) is 0.500. The van der Waals surface area contributed by atoms with Crippen LogP contribution >= 0.6 is 11.3 Å². The number of hydrogen-bond acceptors (Lipinski definition) is 4. The number of ether oxygens (including phenoxy) is 1. The Morgan fingerprint density at radius 2 is 1.83 bits per heavy atom. The Bertz CT molecular complexity index is 695. The van der Waals surface area contributed by atoms with Crippen LogP contribution in [-0.2, 0) is 11.3 Å². The molecule has 1 aromatic heterocycles. The van der Waals surface area contributed by atoms with E-state index in [1.54, 1.807) is 11.1 Å². The third-order valence-corrected chi connectivity index (χ3v) is 6.82. The molecule has 0 spiro atoms. The zero-order valence-electron chi connectivity index (χ0n) is 13.9. The van der Waals surface area contributed by atoms with Gasteiger partial charge in [-0.1, -0.05) is 30.3 Å². The highest BCUT2D eigenvalue weighted by molar-refractivity contribution is 7.09. The first-order valence-electron chi connectivity index (χ1n) is 9.05. The SMILES string of the molecule is c1csc(CN2C[C@H]3[C@@H](C2)c2ccccc2[C@@H]3N2CCOCC2)c1. The van der Waals surface area contributed by atoms with Gasteiger partial charge in [0.25, 0.3) is 0 Å². The van der Waals surface area contributed by atoms with Gasteiger partial charge < -0.3 is 4.74 Å². The maximum Gasteiger partial charge on any atom is 0.0594 e. The standard InChI is InChI=1S/C20H24N2OS/c1-2-6-17-16(5-1)18-13-21(12-15-4-3-11-24-15)14-19(18)20(17)22-7-9-23-10-8-22/h1-6,11,18-20H,7-10,12-14H2/t18-,19-,20-/m0/s1. The molecular weight excluding hydrogens is 316 g/mol. The van der Waals surface area contributed by atoms with Crippen LogP contribution in [0.5, 0.6) is 0 Å². The Hall–Kier alpha value is -1.20. The van der Waals surface area contributed by atoms with Gasteiger partial charge in [0.15, 0.2) is 0 Å². The molecule has 0 unspecified atom stereocenters. The van der Waals surface area contributed by atoms with Crippen molar-refractivity contribution in [3.63, 3.8) is 0 Å². The Morgan fingerprint density at radius 3 is 2.62 bits per heavy atom. The fourth-order valence-corrected chi connectivity index (χ4v) is 5.73. The lowest BCUT2D eigenvalue weighted by Crippen LogP contribution is -2.41. The lowest BCUT2D eigenvalue weighted by molar-refractivity contribution is 0.00471. The van der Waals surface area contributed by atoms with E-state index < -0.39 is 0 Å². The highest BCUT2D eigenvalue weighted by Gasteiger charge is 2.48. The lowest BCUT2D eigenvalue weighted by atomic mass is 9.93. The number of nitrogens with zero attached hydrogens (tertiary/aromatic N) is 2. The van der Waals surface area contributed by atoms with Gasteiger partial charge >= 0.3 is 0 Å². The van der Waals surface area contributed by atoms with Crippen molar-refractivity contribution < 1.29 is 4.74 Å². The summed E-state index contributed by atoms with van der Waals surface area (Å²) in [5.74, 6) is 1.44. The van der Waals surface area contributed by atoms with Crippen LogP contribution in [-0.4, -0.2) is 49.2 Å². The van der Waals surface area contributed by atoms with Crippen LogP contribution in [0, 0.1) is 5.92 Å². The first-order chi connectivity index (χ1) is 11.9.